The van der Waals surface area contributed by atoms with Gasteiger partial charge in [0.15, 0.2) is 0 Å². The van der Waals surface area contributed by atoms with Crippen LogP contribution in [0.1, 0.15) is 42.4 Å². The predicted octanol–water partition coefficient (Wildman–Crippen LogP) is 1.05. The number of aromatic nitrogens is 2. The summed E-state index contributed by atoms with van der Waals surface area (Å²) in [6.45, 7) is 7.21. The quantitative estimate of drug-likeness (QED) is 0.724. The van der Waals surface area contributed by atoms with Gasteiger partial charge in [0, 0.05) is 30.9 Å². The van der Waals surface area contributed by atoms with Gasteiger partial charge in [-0.2, -0.15) is 0 Å². The lowest BCUT2D eigenvalue weighted by Gasteiger charge is -2.08. The molecule has 6 heteroatoms. The number of hydrogen-bond acceptors (Lipinski definition) is 3. The molecule has 0 saturated carbocycles. The highest BCUT2D eigenvalue weighted by Crippen LogP contribution is 2.23. The van der Waals surface area contributed by atoms with E-state index >= 15 is 0 Å². The molecule has 2 heterocycles. The topological polar surface area (TPSA) is 87.1 Å². The monoisotopic (exact) mass is 315 g/mol. The summed E-state index contributed by atoms with van der Waals surface area (Å²) in [4.78, 5) is 27.7. The highest BCUT2D eigenvalue weighted by molar-refractivity contribution is 6.09. The molecule has 1 amide bonds. The van der Waals surface area contributed by atoms with Gasteiger partial charge in [-0.3, -0.25) is 9.59 Å². The second-order valence-electron chi connectivity index (χ2n) is 6.00. The van der Waals surface area contributed by atoms with Crippen LogP contribution in [0.5, 0.6) is 0 Å². The number of aryl methyl sites for hydroxylation is 2. The first-order valence-corrected chi connectivity index (χ1v) is 7.41. The lowest BCUT2D eigenvalue weighted by Crippen LogP contribution is -2.24. The van der Waals surface area contributed by atoms with E-state index in [0.717, 1.165) is 0 Å². The number of H-pyrrole nitrogens is 1. The normalized spacial score (nSPS) is 11.2. The molecule has 0 spiro atoms. The Morgan fingerprint density at radius 1 is 1.48 bits per heavy atom. The van der Waals surface area contributed by atoms with Gasteiger partial charge < -0.3 is 20.0 Å². The summed E-state index contributed by atoms with van der Waals surface area (Å²) >= 11 is 0. The number of aromatic amines is 1. The minimum absolute atomic E-state index is 0.229. The van der Waals surface area contributed by atoms with E-state index < -0.39 is 5.60 Å². The van der Waals surface area contributed by atoms with Crippen LogP contribution >= 0.6 is 0 Å². The van der Waals surface area contributed by atoms with Gasteiger partial charge in [-0.05, 0) is 27.7 Å². The van der Waals surface area contributed by atoms with E-state index in [-0.39, 0.29) is 11.5 Å². The molecule has 3 N–H and O–H groups in total. The van der Waals surface area contributed by atoms with Crippen LogP contribution < -0.4 is 10.9 Å². The van der Waals surface area contributed by atoms with Crippen LogP contribution in [0.4, 0.5) is 0 Å². The molecule has 0 saturated heterocycles. The van der Waals surface area contributed by atoms with Crippen molar-refractivity contribution in [2.75, 3.05) is 6.54 Å². The van der Waals surface area contributed by atoms with E-state index in [0.29, 0.717) is 34.3 Å². The lowest BCUT2D eigenvalue weighted by atomic mass is 10.0. The molecule has 0 radical (unpaired) electrons. The number of fused-ring (bicyclic) bond motifs is 1. The Morgan fingerprint density at radius 3 is 2.70 bits per heavy atom. The van der Waals surface area contributed by atoms with Crippen LogP contribution in [0.25, 0.3) is 10.9 Å². The molecular formula is C17H21N3O3. The van der Waals surface area contributed by atoms with Crippen molar-refractivity contribution < 1.29 is 9.90 Å². The Morgan fingerprint density at radius 2 is 2.13 bits per heavy atom. The minimum atomic E-state index is -1.17. The summed E-state index contributed by atoms with van der Waals surface area (Å²) in [5, 5.41) is 13.1. The van der Waals surface area contributed by atoms with Crippen LogP contribution in [-0.4, -0.2) is 32.7 Å². The number of carbonyl (C=O) groups excluding carboxylic acids is 1. The molecule has 0 unspecified atom stereocenters. The first kappa shape index (κ1) is 16.8. The molecule has 0 aromatic carbocycles. The first-order valence-electron chi connectivity index (χ1n) is 7.41. The van der Waals surface area contributed by atoms with Crippen LogP contribution in [0.3, 0.4) is 0 Å². The van der Waals surface area contributed by atoms with Gasteiger partial charge in [0.05, 0.1) is 11.1 Å². The van der Waals surface area contributed by atoms with Crippen molar-refractivity contribution in [1.29, 1.82) is 0 Å². The van der Waals surface area contributed by atoms with Gasteiger partial charge in [0.25, 0.3) is 11.5 Å². The summed E-state index contributed by atoms with van der Waals surface area (Å²) in [7, 11) is 1.62. The Kier molecular flexibility index (Phi) is 4.35. The van der Waals surface area contributed by atoms with E-state index in [1.54, 1.807) is 34.0 Å². The van der Waals surface area contributed by atoms with E-state index in [1.165, 1.54) is 4.57 Å². The molecule has 0 aliphatic carbocycles. The van der Waals surface area contributed by atoms with Crippen LogP contribution in [-0.2, 0) is 7.05 Å². The molecule has 0 bridgehead atoms. The van der Waals surface area contributed by atoms with Gasteiger partial charge in [0.2, 0.25) is 0 Å². The third-order valence-electron chi connectivity index (χ3n) is 3.38. The molecule has 2 aromatic heterocycles. The second kappa shape index (κ2) is 5.94. The largest absolute Gasteiger partial charge is 0.378 e. The fraction of sp³-hybridized carbons (Fsp3) is 0.412. The first-order chi connectivity index (χ1) is 10.7. The number of nitrogens with zero attached hydrogens (tertiary/aromatic N) is 1. The number of nitrogens with one attached hydrogen (secondary N) is 2. The number of pyridine rings is 1. The van der Waals surface area contributed by atoms with E-state index in [9.17, 15) is 14.7 Å². The SMILES string of the molecule is CCNC(=O)c1c(C)[nH]c2c(=O)n(C)cc(C#CC(C)(C)O)c12. The van der Waals surface area contributed by atoms with Gasteiger partial charge in [-0.25, -0.2) is 0 Å². The lowest BCUT2D eigenvalue weighted by molar-refractivity contribution is 0.0957. The Labute approximate surface area is 134 Å². The summed E-state index contributed by atoms with van der Waals surface area (Å²) in [5.74, 6) is 5.36. The summed E-state index contributed by atoms with van der Waals surface area (Å²) in [5.41, 5.74) is 0.495. The maximum Gasteiger partial charge on any atom is 0.274 e. The zero-order valence-electron chi connectivity index (χ0n) is 14.0. The zero-order chi connectivity index (χ0) is 17.4. The molecule has 23 heavy (non-hydrogen) atoms. The van der Waals surface area contributed by atoms with Crippen molar-refractivity contribution in [3.8, 4) is 11.8 Å². The Balaban J connectivity index is 2.85. The molecule has 0 aliphatic heterocycles. The maximum atomic E-state index is 12.4. The minimum Gasteiger partial charge on any atom is -0.378 e. The number of rotatable bonds is 2. The number of carbonyl (C=O) groups is 1. The zero-order valence-corrected chi connectivity index (χ0v) is 14.0. The van der Waals surface area contributed by atoms with Gasteiger partial charge in [-0.15, -0.1) is 0 Å². The van der Waals surface area contributed by atoms with Gasteiger partial charge >= 0.3 is 0 Å². The number of hydrogen-bond donors (Lipinski definition) is 3. The van der Waals surface area contributed by atoms with E-state index in [2.05, 4.69) is 22.1 Å². The fourth-order valence-corrected chi connectivity index (χ4v) is 2.40. The summed E-state index contributed by atoms with van der Waals surface area (Å²) in [6.07, 6.45) is 1.58. The molecule has 6 nitrogen and oxygen atoms in total. The average molecular weight is 315 g/mol. The average Bonchev–Trinajstić information content (AvgIpc) is 2.78. The van der Waals surface area contributed by atoms with Crippen molar-refractivity contribution in [3.63, 3.8) is 0 Å². The highest BCUT2D eigenvalue weighted by atomic mass is 16.3. The third kappa shape index (κ3) is 3.30. The van der Waals surface area contributed by atoms with Crippen molar-refractivity contribution in [2.45, 2.75) is 33.3 Å². The van der Waals surface area contributed by atoms with Gasteiger partial charge in [-0.1, -0.05) is 11.8 Å². The van der Waals surface area contributed by atoms with Gasteiger partial charge in [0.1, 0.15) is 11.1 Å². The van der Waals surface area contributed by atoms with E-state index in [1.807, 2.05) is 6.92 Å². The Bertz CT molecular complexity index is 886. The van der Waals surface area contributed by atoms with E-state index in [4.69, 9.17) is 0 Å². The standard InChI is InChI=1S/C17H21N3O3/c1-6-18-15(21)12-10(2)19-14-13(12)11(7-8-17(3,4)23)9-20(5)16(14)22/h9,19,23H,6H2,1-5H3,(H,18,21). The van der Waals surface area contributed by atoms with Crippen LogP contribution in [0.2, 0.25) is 0 Å². The molecule has 0 fully saturated rings. The second-order valence-corrected chi connectivity index (χ2v) is 6.00. The molecule has 2 aromatic rings. The third-order valence-corrected chi connectivity index (χ3v) is 3.38. The Hall–Kier alpha value is -2.52. The van der Waals surface area contributed by atoms with Crippen molar-refractivity contribution in [1.82, 2.24) is 14.9 Å². The molecule has 0 atom stereocenters. The van der Waals surface area contributed by atoms with Crippen LogP contribution in [0, 0.1) is 18.8 Å². The van der Waals surface area contributed by atoms with Crippen LogP contribution in [0.15, 0.2) is 11.0 Å². The molecule has 2 rings (SSSR count). The molecule has 122 valence electrons. The molecular weight excluding hydrogens is 294 g/mol. The summed E-state index contributed by atoms with van der Waals surface area (Å²) in [6, 6.07) is 0. The van der Waals surface area contributed by atoms with Crippen molar-refractivity contribution in [3.05, 3.63) is 33.4 Å². The number of aliphatic hydroxyl groups is 1. The smallest absolute Gasteiger partial charge is 0.274 e. The number of amides is 1. The predicted molar refractivity (Wildman–Crippen MR) is 89.5 cm³/mol. The van der Waals surface area contributed by atoms with Crippen molar-refractivity contribution >= 4 is 16.8 Å². The molecule has 0 aliphatic rings. The fourth-order valence-electron chi connectivity index (χ4n) is 2.40. The maximum absolute atomic E-state index is 12.4. The summed E-state index contributed by atoms with van der Waals surface area (Å²) < 4.78 is 1.41. The van der Waals surface area contributed by atoms with Crippen molar-refractivity contribution in [2.24, 2.45) is 7.05 Å². The highest BCUT2D eigenvalue weighted by Gasteiger charge is 2.20.